The van der Waals surface area contributed by atoms with E-state index in [1.807, 2.05) is 30.3 Å². The highest BCUT2D eigenvalue weighted by molar-refractivity contribution is 5.89. The summed E-state index contributed by atoms with van der Waals surface area (Å²) in [7, 11) is 1.57. The predicted octanol–water partition coefficient (Wildman–Crippen LogP) is 3.26. The molecule has 0 saturated carbocycles. The smallest absolute Gasteiger partial charge is 0.318 e. The van der Waals surface area contributed by atoms with Gasteiger partial charge in [-0.05, 0) is 24.3 Å². The molecule has 6 nitrogen and oxygen atoms in total. The first kappa shape index (κ1) is 16.1. The molecule has 6 heteroatoms. The van der Waals surface area contributed by atoms with E-state index in [0.717, 1.165) is 5.75 Å². The summed E-state index contributed by atoms with van der Waals surface area (Å²) in [6.45, 7) is 1.98. The molecule has 0 bridgehead atoms. The maximum Gasteiger partial charge on any atom is 0.318 e. The zero-order valence-electron chi connectivity index (χ0n) is 13.5. The zero-order valence-corrected chi connectivity index (χ0v) is 13.5. The molecule has 2 aromatic rings. The Labute approximate surface area is 140 Å². The van der Waals surface area contributed by atoms with Crippen LogP contribution in [-0.4, -0.2) is 32.9 Å². The Morgan fingerprint density at radius 1 is 1.17 bits per heavy atom. The third-order valence-corrected chi connectivity index (χ3v) is 3.58. The first-order chi connectivity index (χ1) is 11.7. The molecule has 1 fully saturated rings. The summed E-state index contributed by atoms with van der Waals surface area (Å²) in [5.74, 6) is 2.30. The van der Waals surface area contributed by atoms with E-state index < -0.39 is 0 Å². The van der Waals surface area contributed by atoms with Gasteiger partial charge < -0.3 is 24.8 Å². The van der Waals surface area contributed by atoms with Crippen LogP contribution in [-0.2, 0) is 4.74 Å². The van der Waals surface area contributed by atoms with Gasteiger partial charge in [0.15, 0.2) is 11.5 Å². The number of hydrogen-bond donors (Lipinski definition) is 2. The number of carbonyl (C=O) groups excluding carboxylic acids is 1. The molecule has 0 aliphatic carbocycles. The van der Waals surface area contributed by atoms with Crippen LogP contribution in [0.4, 0.5) is 10.5 Å². The van der Waals surface area contributed by atoms with Crippen molar-refractivity contribution in [3.05, 3.63) is 48.5 Å². The number of nitrogens with one attached hydrogen (secondary N) is 2. The van der Waals surface area contributed by atoms with Gasteiger partial charge in [0.25, 0.3) is 0 Å². The van der Waals surface area contributed by atoms with Gasteiger partial charge in [0, 0.05) is 24.7 Å². The van der Waals surface area contributed by atoms with Gasteiger partial charge in [-0.15, -0.1) is 0 Å². The SMILES string of the molecule is CNC(=O)Nc1ccc(Oc2ccccc2)c(OCC2COC2)c1. The number of urea groups is 1. The van der Waals surface area contributed by atoms with Crippen LogP contribution in [0.2, 0.25) is 0 Å². The van der Waals surface area contributed by atoms with E-state index in [1.54, 1.807) is 25.2 Å². The molecule has 2 aromatic carbocycles. The van der Waals surface area contributed by atoms with Gasteiger partial charge in [0.2, 0.25) is 0 Å². The van der Waals surface area contributed by atoms with Crippen LogP contribution in [0, 0.1) is 5.92 Å². The van der Waals surface area contributed by atoms with Crippen LogP contribution in [0.1, 0.15) is 0 Å². The second-order valence-electron chi connectivity index (χ2n) is 5.50. The van der Waals surface area contributed by atoms with Gasteiger partial charge in [-0.1, -0.05) is 18.2 Å². The van der Waals surface area contributed by atoms with E-state index in [4.69, 9.17) is 14.2 Å². The van der Waals surface area contributed by atoms with Crippen LogP contribution in [0.15, 0.2) is 48.5 Å². The van der Waals surface area contributed by atoms with Crippen molar-refractivity contribution in [2.75, 3.05) is 32.2 Å². The van der Waals surface area contributed by atoms with Crippen LogP contribution < -0.4 is 20.1 Å². The average molecular weight is 328 g/mol. The summed E-state index contributed by atoms with van der Waals surface area (Å²) in [5, 5.41) is 5.25. The molecule has 1 saturated heterocycles. The molecule has 2 amide bonds. The Balaban J connectivity index is 1.77. The summed E-state index contributed by atoms with van der Waals surface area (Å²) in [6, 6.07) is 14.5. The highest BCUT2D eigenvalue weighted by Crippen LogP contribution is 2.34. The Bertz CT molecular complexity index is 687. The van der Waals surface area contributed by atoms with E-state index in [-0.39, 0.29) is 6.03 Å². The topological polar surface area (TPSA) is 68.8 Å². The predicted molar refractivity (Wildman–Crippen MR) is 90.8 cm³/mol. The van der Waals surface area contributed by atoms with Gasteiger partial charge in [0.05, 0.1) is 19.8 Å². The van der Waals surface area contributed by atoms with Crippen molar-refractivity contribution in [1.29, 1.82) is 0 Å². The minimum absolute atomic E-state index is 0.287. The molecule has 1 heterocycles. The molecular weight excluding hydrogens is 308 g/mol. The number of anilines is 1. The lowest BCUT2D eigenvalue weighted by Gasteiger charge is -2.26. The van der Waals surface area contributed by atoms with E-state index in [1.165, 1.54) is 0 Å². The minimum Gasteiger partial charge on any atom is -0.489 e. The number of amides is 2. The number of benzene rings is 2. The highest BCUT2D eigenvalue weighted by Gasteiger charge is 2.20. The molecule has 0 atom stereocenters. The maximum atomic E-state index is 11.5. The van der Waals surface area contributed by atoms with Crippen LogP contribution >= 0.6 is 0 Å². The van der Waals surface area contributed by atoms with Gasteiger partial charge in [0.1, 0.15) is 5.75 Å². The molecule has 0 radical (unpaired) electrons. The standard InChI is InChI=1S/C18H20N2O4/c1-19-18(21)20-14-7-8-16(24-15-5-3-2-4-6-15)17(9-14)23-12-13-10-22-11-13/h2-9,13H,10-12H2,1H3,(H2,19,20,21). The molecule has 3 rings (SSSR count). The second kappa shape index (κ2) is 7.70. The third kappa shape index (κ3) is 4.17. The first-order valence-electron chi connectivity index (χ1n) is 7.81. The van der Waals surface area contributed by atoms with Gasteiger partial charge in [-0.25, -0.2) is 4.79 Å². The summed E-state index contributed by atoms with van der Waals surface area (Å²) in [5.41, 5.74) is 0.634. The van der Waals surface area contributed by atoms with Crippen molar-refractivity contribution in [1.82, 2.24) is 5.32 Å². The Morgan fingerprint density at radius 3 is 2.62 bits per heavy atom. The second-order valence-corrected chi connectivity index (χ2v) is 5.50. The summed E-state index contributed by atoms with van der Waals surface area (Å²) in [6.07, 6.45) is 0. The van der Waals surface area contributed by atoms with E-state index in [9.17, 15) is 4.79 Å². The van der Waals surface area contributed by atoms with Gasteiger partial charge in [-0.3, -0.25) is 0 Å². The molecule has 2 N–H and O–H groups in total. The number of ether oxygens (including phenoxy) is 3. The number of para-hydroxylation sites is 1. The van der Waals surface area contributed by atoms with Crippen LogP contribution in [0.5, 0.6) is 17.2 Å². The largest absolute Gasteiger partial charge is 0.489 e. The summed E-state index contributed by atoms with van der Waals surface area (Å²) >= 11 is 0. The number of hydrogen-bond acceptors (Lipinski definition) is 4. The normalized spacial score (nSPS) is 13.7. The molecule has 24 heavy (non-hydrogen) atoms. The Kier molecular flexibility index (Phi) is 5.18. The number of carbonyl (C=O) groups is 1. The third-order valence-electron chi connectivity index (χ3n) is 3.58. The van der Waals surface area contributed by atoms with Crippen molar-refractivity contribution < 1.29 is 19.0 Å². The fourth-order valence-corrected chi connectivity index (χ4v) is 2.18. The zero-order chi connectivity index (χ0) is 16.8. The molecule has 0 spiro atoms. The van der Waals surface area contributed by atoms with Crippen LogP contribution in [0.25, 0.3) is 0 Å². The quantitative estimate of drug-likeness (QED) is 0.854. The van der Waals surface area contributed by atoms with Gasteiger partial charge >= 0.3 is 6.03 Å². The molecule has 0 unspecified atom stereocenters. The monoisotopic (exact) mass is 328 g/mol. The number of rotatable bonds is 6. The van der Waals surface area contributed by atoms with Crippen molar-refractivity contribution in [2.24, 2.45) is 5.92 Å². The molecular formula is C18H20N2O4. The lowest BCUT2D eigenvalue weighted by atomic mass is 10.1. The molecule has 126 valence electrons. The molecule has 0 aromatic heterocycles. The average Bonchev–Trinajstić information content (AvgIpc) is 2.56. The fourth-order valence-electron chi connectivity index (χ4n) is 2.18. The summed E-state index contributed by atoms with van der Waals surface area (Å²) in [4.78, 5) is 11.5. The first-order valence-corrected chi connectivity index (χ1v) is 7.81. The molecule has 1 aliphatic rings. The van der Waals surface area contributed by atoms with Crippen molar-refractivity contribution in [3.8, 4) is 17.2 Å². The van der Waals surface area contributed by atoms with Crippen molar-refractivity contribution in [2.45, 2.75) is 0 Å². The van der Waals surface area contributed by atoms with E-state index in [0.29, 0.717) is 42.9 Å². The van der Waals surface area contributed by atoms with E-state index in [2.05, 4.69) is 10.6 Å². The Hall–Kier alpha value is -2.73. The fraction of sp³-hybridized carbons (Fsp3) is 0.278. The lowest BCUT2D eigenvalue weighted by molar-refractivity contribution is -0.0510. The summed E-state index contributed by atoms with van der Waals surface area (Å²) < 4.78 is 17.0. The van der Waals surface area contributed by atoms with Crippen molar-refractivity contribution in [3.63, 3.8) is 0 Å². The van der Waals surface area contributed by atoms with E-state index >= 15 is 0 Å². The highest BCUT2D eigenvalue weighted by atomic mass is 16.5. The molecule has 1 aliphatic heterocycles. The maximum absolute atomic E-state index is 11.5. The van der Waals surface area contributed by atoms with Gasteiger partial charge in [-0.2, -0.15) is 0 Å². The Morgan fingerprint density at radius 2 is 1.96 bits per heavy atom. The van der Waals surface area contributed by atoms with Crippen molar-refractivity contribution >= 4 is 11.7 Å². The van der Waals surface area contributed by atoms with Crippen LogP contribution in [0.3, 0.4) is 0 Å². The minimum atomic E-state index is -0.287. The lowest BCUT2D eigenvalue weighted by Crippen LogP contribution is -2.32.